The molecule has 0 fully saturated rings. The van der Waals surface area contributed by atoms with Gasteiger partial charge in [0.1, 0.15) is 5.82 Å². The van der Waals surface area contributed by atoms with Gasteiger partial charge in [0.2, 0.25) is 0 Å². The summed E-state index contributed by atoms with van der Waals surface area (Å²) in [5.74, 6) is -1.77. The fourth-order valence-corrected chi connectivity index (χ4v) is 2.08. The Balaban J connectivity index is 2.23. The molecule has 110 valence electrons. The predicted octanol–water partition coefficient (Wildman–Crippen LogP) is 3.35. The minimum atomic E-state index is -0.788. The van der Waals surface area contributed by atoms with Crippen LogP contribution in [0.5, 0.6) is 0 Å². The van der Waals surface area contributed by atoms with Gasteiger partial charge in [-0.2, -0.15) is 0 Å². The first-order valence-corrected chi connectivity index (χ1v) is 7.25. The van der Waals surface area contributed by atoms with Crippen LogP contribution in [-0.4, -0.2) is 23.5 Å². The number of rotatable bonds is 8. The van der Waals surface area contributed by atoms with E-state index in [1.54, 1.807) is 0 Å². The Morgan fingerprint density at radius 3 is 2.60 bits per heavy atom. The number of carbonyl (C=O) groups is 2. The molecular formula is C14H17BrFNO3. The Morgan fingerprint density at radius 2 is 1.90 bits per heavy atom. The molecule has 0 saturated heterocycles. The summed E-state index contributed by atoms with van der Waals surface area (Å²) in [4.78, 5) is 22.0. The predicted molar refractivity (Wildman–Crippen MR) is 77.2 cm³/mol. The number of hydrogen-bond acceptors (Lipinski definition) is 2. The van der Waals surface area contributed by atoms with Crippen LogP contribution in [0.4, 0.5) is 4.39 Å². The molecule has 4 nitrogen and oxygen atoms in total. The highest BCUT2D eigenvalue weighted by Crippen LogP contribution is 2.15. The number of carboxylic acids is 1. The number of hydrogen-bond donors (Lipinski definition) is 2. The average molecular weight is 346 g/mol. The summed E-state index contributed by atoms with van der Waals surface area (Å²) < 4.78 is 14.1. The summed E-state index contributed by atoms with van der Waals surface area (Å²) in [5, 5.41) is 11.1. The third kappa shape index (κ3) is 6.14. The van der Waals surface area contributed by atoms with Gasteiger partial charge in [-0.25, -0.2) is 4.39 Å². The number of carboxylic acid groups (broad SMARTS) is 1. The van der Waals surface area contributed by atoms with Crippen LogP contribution in [-0.2, 0) is 4.79 Å². The van der Waals surface area contributed by atoms with Gasteiger partial charge in [-0.15, -0.1) is 0 Å². The zero-order chi connectivity index (χ0) is 15.0. The molecule has 1 aromatic rings. The number of halogens is 2. The lowest BCUT2D eigenvalue weighted by Crippen LogP contribution is -2.25. The Kier molecular flexibility index (Phi) is 7.22. The van der Waals surface area contributed by atoms with Gasteiger partial charge in [-0.3, -0.25) is 9.59 Å². The first-order chi connectivity index (χ1) is 9.50. The van der Waals surface area contributed by atoms with Crippen molar-refractivity contribution in [2.24, 2.45) is 0 Å². The van der Waals surface area contributed by atoms with E-state index in [-0.39, 0.29) is 12.0 Å². The molecule has 0 aliphatic rings. The maximum atomic E-state index is 13.4. The maximum absolute atomic E-state index is 13.4. The zero-order valence-corrected chi connectivity index (χ0v) is 12.6. The summed E-state index contributed by atoms with van der Waals surface area (Å²) in [6.07, 6.45) is 3.22. The third-order valence-electron chi connectivity index (χ3n) is 2.78. The van der Waals surface area contributed by atoms with Crippen LogP contribution < -0.4 is 5.32 Å². The van der Waals surface area contributed by atoms with Crippen molar-refractivity contribution in [1.29, 1.82) is 0 Å². The van der Waals surface area contributed by atoms with Gasteiger partial charge in [0.25, 0.3) is 5.91 Å². The van der Waals surface area contributed by atoms with Gasteiger partial charge in [0.15, 0.2) is 0 Å². The minimum absolute atomic E-state index is 0.0188. The lowest BCUT2D eigenvalue weighted by Gasteiger charge is -2.06. The standard InChI is InChI=1S/C14H17BrFNO3/c15-10-6-7-12(16)11(9-10)14(20)17-8-4-2-1-3-5-13(18)19/h6-7,9H,1-5,8H2,(H,17,20)(H,18,19). The minimum Gasteiger partial charge on any atom is -0.481 e. The van der Waals surface area contributed by atoms with Crippen molar-refractivity contribution in [2.45, 2.75) is 32.1 Å². The molecule has 6 heteroatoms. The lowest BCUT2D eigenvalue weighted by atomic mass is 10.1. The summed E-state index contributed by atoms with van der Waals surface area (Å²) in [6.45, 7) is 0.456. The molecule has 0 radical (unpaired) electrons. The molecule has 1 aromatic carbocycles. The van der Waals surface area contributed by atoms with Crippen molar-refractivity contribution in [2.75, 3.05) is 6.54 Å². The van der Waals surface area contributed by atoms with E-state index in [0.717, 1.165) is 19.3 Å². The Labute approximate surface area is 125 Å². The second kappa shape index (κ2) is 8.68. The number of benzene rings is 1. The molecule has 0 bridgehead atoms. The molecule has 1 rings (SSSR count). The summed E-state index contributed by atoms with van der Waals surface area (Å²) in [6, 6.07) is 4.22. The summed E-state index contributed by atoms with van der Waals surface area (Å²) in [5.41, 5.74) is 0.0188. The fraction of sp³-hybridized carbons (Fsp3) is 0.429. The molecule has 0 unspecified atom stereocenters. The van der Waals surface area contributed by atoms with Gasteiger partial charge >= 0.3 is 5.97 Å². The van der Waals surface area contributed by atoms with Crippen LogP contribution in [0.3, 0.4) is 0 Å². The van der Waals surface area contributed by atoms with E-state index in [0.29, 0.717) is 17.4 Å². The molecule has 1 amide bonds. The Morgan fingerprint density at radius 1 is 1.20 bits per heavy atom. The van der Waals surface area contributed by atoms with Gasteiger partial charge < -0.3 is 10.4 Å². The number of carbonyl (C=O) groups excluding carboxylic acids is 1. The van der Waals surface area contributed by atoms with Gasteiger partial charge in [-0.1, -0.05) is 28.8 Å². The molecule has 2 N–H and O–H groups in total. The van der Waals surface area contributed by atoms with E-state index < -0.39 is 17.7 Å². The molecule has 0 aromatic heterocycles. The molecule has 20 heavy (non-hydrogen) atoms. The van der Waals surface area contributed by atoms with Gasteiger partial charge in [0.05, 0.1) is 5.56 Å². The molecule has 0 aliphatic carbocycles. The van der Waals surface area contributed by atoms with E-state index in [4.69, 9.17) is 5.11 Å². The molecule has 0 spiro atoms. The highest BCUT2D eigenvalue weighted by molar-refractivity contribution is 9.10. The van der Waals surface area contributed by atoms with Crippen molar-refractivity contribution in [3.8, 4) is 0 Å². The smallest absolute Gasteiger partial charge is 0.303 e. The number of nitrogens with one attached hydrogen (secondary N) is 1. The first-order valence-electron chi connectivity index (χ1n) is 6.45. The SMILES string of the molecule is O=C(O)CCCCCCNC(=O)c1cc(Br)ccc1F. The van der Waals surface area contributed by atoms with Crippen LogP contribution in [0.1, 0.15) is 42.5 Å². The summed E-state index contributed by atoms with van der Waals surface area (Å²) >= 11 is 3.19. The van der Waals surface area contributed by atoms with Gasteiger partial charge in [0, 0.05) is 17.4 Å². The largest absolute Gasteiger partial charge is 0.481 e. The molecule has 0 aliphatic heterocycles. The third-order valence-corrected chi connectivity index (χ3v) is 3.27. The van der Waals surface area contributed by atoms with Crippen LogP contribution >= 0.6 is 15.9 Å². The van der Waals surface area contributed by atoms with Crippen molar-refractivity contribution in [3.05, 3.63) is 34.1 Å². The van der Waals surface area contributed by atoms with E-state index in [2.05, 4.69) is 21.2 Å². The molecular weight excluding hydrogens is 329 g/mol. The highest BCUT2D eigenvalue weighted by Gasteiger charge is 2.11. The lowest BCUT2D eigenvalue weighted by molar-refractivity contribution is -0.137. The quantitative estimate of drug-likeness (QED) is 0.710. The fourth-order valence-electron chi connectivity index (χ4n) is 1.72. The van der Waals surface area contributed by atoms with Crippen molar-refractivity contribution >= 4 is 27.8 Å². The number of aliphatic carboxylic acids is 1. The second-order valence-electron chi connectivity index (χ2n) is 4.44. The van der Waals surface area contributed by atoms with E-state index in [9.17, 15) is 14.0 Å². The van der Waals surface area contributed by atoms with Crippen LogP contribution in [0.2, 0.25) is 0 Å². The van der Waals surface area contributed by atoms with E-state index in [1.165, 1.54) is 18.2 Å². The van der Waals surface area contributed by atoms with Crippen LogP contribution in [0.15, 0.2) is 22.7 Å². The zero-order valence-electron chi connectivity index (χ0n) is 11.0. The second-order valence-corrected chi connectivity index (χ2v) is 5.35. The average Bonchev–Trinajstić information content (AvgIpc) is 2.39. The molecule has 0 atom stereocenters. The molecule has 0 saturated carbocycles. The van der Waals surface area contributed by atoms with Crippen molar-refractivity contribution in [3.63, 3.8) is 0 Å². The Bertz CT molecular complexity index is 479. The first kappa shape index (κ1) is 16.6. The monoisotopic (exact) mass is 345 g/mol. The molecule has 0 heterocycles. The maximum Gasteiger partial charge on any atom is 0.303 e. The number of amides is 1. The number of unbranched alkanes of at least 4 members (excludes halogenated alkanes) is 3. The van der Waals surface area contributed by atoms with Crippen LogP contribution in [0, 0.1) is 5.82 Å². The van der Waals surface area contributed by atoms with Crippen molar-refractivity contribution < 1.29 is 19.1 Å². The summed E-state index contributed by atoms with van der Waals surface area (Å²) in [7, 11) is 0. The van der Waals surface area contributed by atoms with E-state index >= 15 is 0 Å². The van der Waals surface area contributed by atoms with Crippen molar-refractivity contribution in [1.82, 2.24) is 5.32 Å². The Hall–Kier alpha value is -1.43. The highest BCUT2D eigenvalue weighted by atomic mass is 79.9. The van der Waals surface area contributed by atoms with Crippen LogP contribution in [0.25, 0.3) is 0 Å². The topological polar surface area (TPSA) is 66.4 Å². The van der Waals surface area contributed by atoms with E-state index in [1.807, 2.05) is 0 Å². The van der Waals surface area contributed by atoms with Gasteiger partial charge in [-0.05, 0) is 31.0 Å². The normalized spacial score (nSPS) is 10.3.